The number of thiophene rings is 1. The summed E-state index contributed by atoms with van der Waals surface area (Å²) in [6, 6.07) is 4.45. The molecule has 1 aromatic heterocycles. The zero-order chi connectivity index (χ0) is 13.1. The van der Waals surface area contributed by atoms with E-state index in [0.29, 0.717) is 0 Å². The Kier molecular flexibility index (Phi) is 5.17. The van der Waals surface area contributed by atoms with Crippen LogP contribution >= 0.6 is 11.3 Å². The van der Waals surface area contributed by atoms with Crippen LogP contribution in [0.1, 0.15) is 49.9 Å². The molecule has 0 amide bonds. The highest BCUT2D eigenvalue weighted by molar-refractivity contribution is 7.12. The van der Waals surface area contributed by atoms with Gasteiger partial charge in [0.2, 0.25) is 0 Å². The SMILES string of the molecule is CCN(CC)C(C)(CC)C(N)c1ccc(C)s1. The molecule has 0 fully saturated rings. The van der Waals surface area contributed by atoms with E-state index in [1.807, 2.05) is 11.3 Å². The number of nitrogens with two attached hydrogens (primary N) is 1. The number of hydrogen-bond acceptors (Lipinski definition) is 3. The van der Waals surface area contributed by atoms with Crippen LogP contribution in [0.2, 0.25) is 0 Å². The maximum Gasteiger partial charge on any atom is 0.0574 e. The van der Waals surface area contributed by atoms with E-state index in [1.165, 1.54) is 9.75 Å². The van der Waals surface area contributed by atoms with Crippen LogP contribution in [0.3, 0.4) is 0 Å². The van der Waals surface area contributed by atoms with Crippen LogP contribution in [0.4, 0.5) is 0 Å². The fraction of sp³-hybridized carbons (Fsp3) is 0.714. The molecule has 0 radical (unpaired) electrons. The Hall–Kier alpha value is -0.380. The van der Waals surface area contributed by atoms with E-state index >= 15 is 0 Å². The Morgan fingerprint density at radius 2 is 1.88 bits per heavy atom. The molecule has 0 aliphatic carbocycles. The zero-order valence-corrected chi connectivity index (χ0v) is 12.6. The molecular formula is C14H26N2S. The van der Waals surface area contributed by atoms with E-state index in [-0.39, 0.29) is 11.6 Å². The highest BCUT2D eigenvalue weighted by Gasteiger charge is 2.36. The second kappa shape index (κ2) is 5.98. The van der Waals surface area contributed by atoms with E-state index in [9.17, 15) is 0 Å². The molecular weight excluding hydrogens is 228 g/mol. The number of hydrogen-bond donors (Lipinski definition) is 1. The Morgan fingerprint density at radius 3 is 2.24 bits per heavy atom. The van der Waals surface area contributed by atoms with Gasteiger partial charge in [-0.05, 0) is 45.5 Å². The van der Waals surface area contributed by atoms with E-state index < -0.39 is 0 Å². The van der Waals surface area contributed by atoms with Gasteiger partial charge in [0, 0.05) is 15.3 Å². The number of rotatable bonds is 6. The minimum absolute atomic E-state index is 0.0563. The van der Waals surface area contributed by atoms with Gasteiger partial charge in [0.05, 0.1) is 6.04 Å². The van der Waals surface area contributed by atoms with Crippen LogP contribution in [-0.2, 0) is 0 Å². The number of likely N-dealkylation sites (N-methyl/N-ethyl adjacent to an activating group) is 1. The summed E-state index contributed by atoms with van der Waals surface area (Å²) in [5.41, 5.74) is 6.57. The molecule has 0 spiro atoms. The largest absolute Gasteiger partial charge is 0.322 e. The average molecular weight is 254 g/mol. The first-order chi connectivity index (χ1) is 7.99. The van der Waals surface area contributed by atoms with Crippen LogP contribution in [0.15, 0.2) is 12.1 Å². The predicted octanol–water partition coefficient (Wildman–Crippen LogP) is 3.57. The van der Waals surface area contributed by atoms with Crippen molar-refractivity contribution in [1.29, 1.82) is 0 Å². The first-order valence-corrected chi connectivity index (χ1v) is 7.38. The van der Waals surface area contributed by atoms with Gasteiger partial charge < -0.3 is 5.73 Å². The van der Waals surface area contributed by atoms with Gasteiger partial charge in [0.25, 0.3) is 0 Å². The average Bonchev–Trinajstić information content (AvgIpc) is 2.76. The summed E-state index contributed by atoms with van der Waals surface area (Å²) in [7, 11) is 0. The fourth-order valence-electron chi connectivity index (χ4n) is 2.51. The van der Waals surface area contributed by atoms with Crippen LogP contribution in [0, 0.1) is 6.92 Å². The molecule has 0 saturated heterocycles. The molecule has 0 bridgehead atoms. The monoisotopic (exact) mass is 254 g/mol. The molecule has 2 unspecified atom stereocenters. The summed E-state index contributed by atoms with van der Waals surface area (Å²) in [4.78, 5) is 5.12. The Bertz CT molecular complexity index is 344. The van der Waals surface area contributed by atoms with Crippen LogP contribution in [-0.4, -0.2) is 23.5 Å². The molecule has 3 heteroatoms. The second-order valence-corrected chi connectivity index (χ2v) is 6.13. The first-order valence-electron chi connectivity index (χ1n) is 6.56. The summed E-state index contributed by atoms with van der Waals surface area (Å²) in [5, 5.41) is 0. The number of aryl methyl sites for hydroxylation is 1. The molecule has 2 nitrogen and oxygen atoms in total. The molecule has 0 aliphatic heterocycles. The Labute approximate surface area is 110 Å². The normalized spacial score (nSPS) is 17.1. The van der Waals surface area contributed by atoms with E-state index in [4.69, 9.17) is 5.73 Å². The smallest absolute Gasteiger partial charge is 0.0574 e. The molecule has 98 valence electrons. The third-order valence-corrected chi connectivity index (χ3v) is 5.02. The van der Waals surface area contributed by atoms with Crippen molar-refractivity contribution >= 4 is 11.3 Å². The van der Waals surface area contributed by atoms with Crippen molar-refractivity contribution in [2.24, 2.45) is 5.73 Å². The van der Waals surface area contributed by atoms with Gasteiger partial charge in [0.1, 0.15) is 0 Å². The second-order valence-electron chi connectivity index (χ2n) is 4.81. The predicted molar refractivity (Wildman–Crippen MR) is 77.6 cm³/mol. The van der Waals surface area contributed by atoms with Crippen molar-refractivity contribution in [3.8, 4) is 0 Å². The number of nitrogens with zero attached hydrogens (tertiary/aromatic N) is 1. The van der Waals surface area contributed by atoms with Gasteiger partial charge in [0.15, 0.2) is 0 Å². The summed E-state index contributed by atoms with van der Waals surface area (Å²) in [6.45, 7) is 13.2. The van der Waals surface area contributed by atoms with Crippen molar-refractivity contribution in [2.45, 2.75) is 52.6 Å². The van der Waals surface area contributed by atoms with Crippen molar-refractivity contribution < 1.29 is 0 Å². The van der Waals surface area contributed by atoms with Gasteiger partial charge in [-0.15, -0.1) is 11.3 Å². The van der Waals surface area contributed by atoms with Crippen molar-refractivity contribution in [1.82, 2.24) is 4.90 Å². The van der Waals surface area contributed by atoms with E-state index in [2.05, 4.69) is 51.7 Å². The lowest BCUT2D eigenvalue weighted by Gasteiger charge is -2.43. The summed E-state index contributed by atoms with van der Waals surface area (Å²) < 4.78 is 0. The summed E-state index contributed by atoms with van der Waals surface area (Å²) >= 11 is 1.82. The minimum Gasteiger partial charge on any atom is -0.322 e. The topological polar surface area (TPSA) is 29.3 Å². The highest BCUT2D eigenvalue weighted by atomic mass is 32.1. The molecule has 17 heavy (non-hydrogen) atoms. The molecule has 1 heterocycles. The third kappa shape index (κ3) is 2.90. The van der Waals surface area contributed by atoms with Gasteiger partial charge in [-0.3, -0.25) is 4.90 Å². The summed E-state index contributed by atoms with van der Waals surface area (Å²) in [5.74, 6) is 0. The molecule has 2 N–H and O–H groups in total. The van der Waals surface area contributed by atoms with Gasteiger partial charge in [-0.25, -0.2) is 0 Å². The van der Waals surface area contributed by atoms with Crippen molar-refractivity contribution in [3.63, 3.8) is 0 Å². The van der Waals surface area contributed by atoms with E-state index in [1.54, 1.807) is 0 Å². The Balaban J connectivity index is 2.99. The lowest BCUT2D eigenvalue weighted by atomic mass is 9.86. The van der Waals surface area contributed by atoms with Crippen molar-refractivity contribution in [3.05, 3.63) is 21.9 Å². The fourth-order valence-corrected chi connectivity index (χ4v) is 3.54. The zero-order valence-electron chi connectivity index (χ0n) is 11.8. The molecule has 0 saturated carbocycles. The third-order valence-electron chi connectivity index (χ3n) is 3.94. The van der Waals surface area contributed by atoms with Gasteiger partial charge in [-0.1, -0.05) is 20.8 Å². The standard InChI is InChI=1S/C14H26N2S/c1-6-14(5,16(7-2)8-3)13(15)12-10-9-11(4)17-12/h9-10,13H,6-8,15H2,1-5H3. The van der Waals surface area contributed by atoms with Crippen molar-refractivity contribution in [2.75, 3.05) is 13.1 Å². The highest BCUT2D eigenvalue weighted by Crippen LogP contribution is 2.35. The molecule has 0 aliphatic rings. The molecule has 2 atom stereocenters. The molecule has 0 aromatic carbocycles. The Morgan fingerprint density at radius 1 is 1.29 bits per heavy atom. The maximum atomic E-state index is 6.52. The van der Waals surface area contributed by atoms with Crippen LogP contribution in [0.5, 0.6) is 0 Å². The minimum atomic E-state index is 0.0563. The lowest BCUT2D eigenvalue weighted by Crippen LogP contribution is -2.52. The van der Waals surface area contributed by atoms with Gasteiger partial charge in [-0.2, -0.15) is 0 Å². The first kappa shape index (κ1) is 14.7. The maximum absolute atomic E-state index is 6.52. The summed E-state index contributed by atoms with van der Waals surface area (Å²) in [6.07, 6.45) is 1.08. The quantitative estimate of drug-likeness (QED) is 0.841. The van der Waals surface area contributed by atoms with Gasteiger partial charge >= 0.3 is 0 Å². The lowest BCUT2D eigenvalue weighted by molar-refractivity contribution is 0.0856. The molecule has 1 rings (SSSR count). The van der Waals surface area contributed by atoms with Crippen LogP contribution in [0.25, 0.3) is 0 Å². The van der Waals surface area contributed by atoms with Crippen LogP contribution < -0.4 is 5.73 Å². The molecule has 1 aromatic rings. The van der Waals surface area contributed by atoms with E-state index in [0.717, 1.165) is 19.5 Å².